The molecule has 0 bridgehead atoms. The number of carbonyl (C=O) groups is 1. The van der Waals surface area contributed by atoms with Crippen molar-refractivity contribution in [2.45, 2.75) is 26.3 Å². The van der Waals surface area contributed by atoms with E-state index in [1.54, 1.807) is 25.3 Å². The second kappa shape index (κ2) is 7.13. The van der Waals surface area contributed by atoms with Crippen LogP contribution in [-0.2, 0) is 11.2 Å². The van der Waals surface area contributed by atoms with E-state index in [0.29, 0.717) is 27.7 Å². The first-order chi connectivity index (χ1) is 12.4. The monoisotopic (exact) mass is 372 g/mol. The number of aromatic nitrogens is 4. The number of aliphatic carboxylic acids is 1. The summed E-state index contributed by atoms with van der Waals surface area (Å²) in [4.78, 5) is 30.3. The van der Waals surface area contributed by atoms with Crippen molar-refractivity contribution in [2.75, 3.05) is 0 Å². The summed E-state index contributed by atoms with van der Waals surface area (Å²) in [7, 11) is 0. The van der Waals surface area contributed by atoms with Crippen LogP contribution in [0.25, 0.3) is 11.3 Å². The van der Waals surface area contributed by atoms with Crippen LogP contribution in [0.5, 0.6) is 0 Å². The molecular weight excluding hydrogens is 356 g/mol. The number of benzene rings is 1. The van der Waals surface area contributed by atoms with Gasteiger partial charge in [0.15, 0.2) is 6.04 Å². The molecule has 2 N–H and O–H groups in total. The third kappa shape index (κ3) is 3.52. The highest BCUT2D eigenvalue weighted by atomic mass is 35.5. The molecule has 2 aromatic heterocycles. The zero-order valence-electron chi connectivity index (χ0n) is 14.2. The molecule has 0 aliphatic rings. The number of carboxylic acid groups (broad SMARTS) is 1. The molecule has 3 rings (SSSR count). The molecule has 0 aliphatic heterocycles. The molecule has 0 fully saturated rings. The lowest BCUT2D eigenvalue weighted by Gasteiger charge is -2.15. The first-order valence-electron chi connectivity index (χ1n) is 8.02. The van der Waals surface area contributed by atoms with Gasteiger partial charge < -0.3 is 10.1 Å². The van der Waals surface area contributed by atoms with Gasteiger partial charge in [-0.05, 0) is 25.0 Å². The highest BCUT2D eigenvalue weighted by molar-refractivity contribution is 6.31. The minimum Gasteiger partial charge on any atom is -0.479 e. The van der Waals surface area contributed by atoms with Gasteiger partial charge in [0.2, 0.25) is 0 Å². The van der Waals surface area contributed by atoms with Crippen molar-refractivity contribution < 1.29 is 9.90 Å². The highest BCUT2D eigenvalue weighted by Gasteiger charge is 2.25. The number of hydrogen-bond donors (Lipinski definition) is 2. The Bertz CT molecular complexity index is 1030. The molecule has 2 heterocycles. The lowest BCUT2D eigenvalue weighted by molar-refractivity contribution is -0.139. The normalized spacial score (nSPS) is 12.1. The number of nitrogens with one attached hydrogen (secondary N) is 1. The van der Waals surface area contributed by atoms with E-state index in [2.05, 4.69) is 15.1 Å². The predicted octanol–water partition coefficient (Wildman–Crippen LogP) is 2.83. The fraction of sp³-hybridized carbons (Fsp3) is 0.222. The van der Waals surface area contributed by atoms with Gasteiger partial charge in [-0.1, -0.05) is 30.7 Å². The van der Waals surface area contributed by atoms with Gasteiger partial charge >= 0.3 is 5.97 Å². The van der Waals surface area contributed by atoms with Crippen LogP contribution < -0.4 is 5.56 Å². The third-order valence-electron chi connectivity index (χ3n) is 4.02. The number of aromatic amines is 1. The smallest absolute Gasteiger partial charge is 0.333 e. The Kier molecular flexibility index (Phi) is 4.90. The number of halogens is 1. The van der Waals surface area contributed by atoms with Crippen molar-refractivity contribution in [3.05, 3.63) is 69.0 Å². The molecule has 1 atom stereocenters. The molecular formula is C18H17ClN4O3. The van der Waals surface area contributed by atoms with Gasteiger partial charge in [-0.25, -0.2) is 9.78 Å². The van der Waals surface area contributed by atoms with Gasteiger partial charge in [0.05, 0.1) is 11.9 Å². The molecule has 8 heteroatoms. The van der Waals surface area contributed by atoms with E-state index in [1.165, 1.54) is 16.9 Å². The summed E-state index contributed by atoms with van der Waals surface area (Å²) in [6, 6.07) is 5.58. The molecule has 1 unspecified atom stereocenters. The Morgan fingerprint density at radius 2 is 2.15 bits per heavy atom. The maximum absolute atomic E-state index is 11.9. The van der Waals surface area contributed by atoms with Crippen LogP contribution in [-0.4, -0.2) is 30.8 Å². The molecule has 3 aromatic rings. The Morgan fingerprint density at radius 1 is 1.38 bits per heavy atom. The first kappa shape index (κ1) is 17.9. The topological polar surface area (TPSA) is 101 Å². The molecule has 0 aliphatic carbocycles. The number of nitrogens with zero attached hydrogens (tertiary/aromatic N) is 3. The predicted molar refractivity (Wildman–Crippen MR) is 97.4 cm³/mol. The average Bonchev–Trinajstić information content (AvgIpc) is 3.05. The quantitative estimate of drug-likeness (QED) is 0.717. The van der Waals surface area contributed by atoms with Crippen molar-refractivity contribution in [1.82, 2.24) is 19.7 Å². The Labute approximate surface area is 154 Å². The van der Waals surface area contributed by atoms with E-state index >= 15 is 0 Å². The number of hydrogen-bond acceptors (Lipinski definition) is 4. The van der Waals surface area contributed by atoms with E-state index in [9.17, 15) is 14.7 Å². The molecule has 134 valence electrons. The molecule has 0 saturated heterocycles. The minimum absolute atomic E-state index is 0.284. The highest BCUT2D eigenvalue weighted by Crippen LogP contribution is 2.28. The van der Waals surface area contributed by atoms with Gasteiger partial charge in [0, 0.05) is 28.4 Å². The summed E-state index contributed by atoms with van der Waals surface area (Å²) in [5, 5.41) is 14.2. The average molecular weight is 373 g/mol. The SMILES string of the molecule is CCc1ccc(C(C(=O)O)n2cc(-c3cc(=O)[nH]c(C)n3)cn2)c(Cl)c1. The van der Waals surface area contributed by atoms with Crippen LogP contribution in [0.15, 0.2) is 41.5 Å². The molecule has 0 amide bonds. The number of rotatable bonds is 5. The summed E-state index contributed by atoms with van der Waals surface area (Å²) in [6.07, 6.45) is 3.83. The van der Waals surface area contributed by atoms with Gasteiger partial charge in [-0.3, -0.25) is 9.48 Å². The summed E-state index contributed by atoms with van der Waals surface area (Å²) < 4.78 is 1.31. The molecule has 0 saturated carbocycles. The summed E-state index contributed by atoms with van der Waals surface area (Å²) >= 11 is 6.30. The van der Waals surface area contributed by atoms with E-state index in [-0.39, 0.29) is 5.56 Å². The van der Waals surface area contributed by atoms with Gasteiger partial charge in [0.1, 0.15) is 5.82 Å². The Balaban J connectivity index is 2.04. The van der Waals surface area contributed by atoms with Gasteiger partial charge in [-0.15, -0.1) is 0 Å². The van der Waals surface area contributed by atoms with Crippen LogP contribution >= 0.6 is 11.6 Å². The second-order valence-electron chi connectivity index (χ2n) is 5.88. The van der Waals surface area contributed by atoms with Crippen molar-refractivity contribution in [1.29, 1.82) is 0 Å². The zero-order chi connectivity index (χ0) is 18.8. The third-order valence-corrected chi connectivity index (χ3v) is 4.35. The molecule has 7 nitrogen and oxygen atoms in total. The van der Waals surface area contributed by atoms with Crippen molar-refractivity contribution in [2.24, 2.45) is 0 Å². The van der Waals surface area contributed by atoms with Crippen LogP contribution in [0.4, 0.5) is 0 Å². The van der Waals surface area contributed by atoms with Crippen LogP contribution in [0.3, 0.4) is 0 Å². The lowest BCUT2D eigenvalue weighted by Crippen LogP contribution is -2.21. The van der Waals surface area contributed by atoms with E-state index in [4.69, 9.17) is 11.6 Å². The van der Waals surface area contributed by atoms with Crippen molar-refractivity contribution >= 4 is 17.6 Å². The Hall–Kier alpha value is -2.93. The Morgan fingerprint density at radius 3 is 2.77 bits per heavy atom. The first-order valence-corrected chi connectivity index (χ1v) is 8.40. The molecule has 26 heavy (non-hydrogen) atoms. The number of H-pyrrole nitrogens is 1. The lowest BCUT2D eigenvalue weighted by atomic mass is 10.0. The summed E-state index contributed by atoms with van der Waals surface area (Å²) in [6.45, 7) is 3.67. The molecule has 0 radical (unpaired) electrons. The maximum atomic E-state index is 11.9. The maximum Gasteiger partial charge on any atom is 0.333 e. The summed E-state index contributed by atoms with van der Waals surface area (Å²) in [5.41, 5.74) is 2.15. The van der Waals surface area contributed by atoms with Gasteiger partial charge in [0.25, 0.3) is 5.56 Å². The minimum atomic E-state index is -1.08. The largest absolute Gasteiger partial charge is 0.479 e. The fourth-order valence-electron chi connectivity index (χ4n) is 2.74. The van der Waals surface area contributed by atoms with E-state index in [1.807, 2.05) is 13.0 Å². The van der Waals surface area contributed by atoms with E-state index in [0.717, 1.165) is 12.0 Å². The second-order valence-corrected chi connectivity index (χ2v) is 6.28. The number of carboxylic acids is 1. The molecule has 1 aromatic carbocycles. The van der Waals surface area contributed by atoms with Crippen LogP contribution in [0.1, 0.15) is 29.9 Å². The fourth-order valence-corrected chi connectivity index (χ4v) is 3.05. The summed E-state index contributed by atoms with van der Waals surface area (Å²) in [5.74, 6) is -0.617. The standard InChI is InChI=1S/C18H17ClN4O3/c1-3-11-4-5-13(14(19)6-11)17(18(25)26)23-9-12(8-20-23)15-7-16(24)22-10(2)21-15/h4-9,17H,3H2,1-2H3,(H,25,26)(H,21,22,24). The van der Waals surface area contributed by atoms with Crippen molar-refractivity contribution in [3.63, 3.8) is 0 Å². The van der Waals surface area contributed by atoms with Crippen LogP contribution in [0.2, 0.25) is 5.02 Å². The van der Waals surface area contributed by atoms with E-state index < -0.39 is 12.0 Å². The van der Waals surface area contributed by atoms with Crippen LogP contribution in [0, 0.1) is 6.92 Å². The van der Waals surface area contributed by atoms with Gasteiger partial charge in [-0.2, -0.15) is 5.10 Å². The van der Waals surface area contributed by atoms with Crippen molar-refractivity contribution in [3.8, 4) is 11.3 Å². The number of aryl methyl sites for hydroxylation is 2. The zero-order valence-corrected chi connectivity index (χ0v) is 15.0. The molecule has 0 spiro atoms.